The van der Waals surface area contributed by atoms with Crippen molar-refractivity contribution in [3.63, 3.8) is 0 Å². The molecule has 2 aromatic rings. The van der Waals surface area contributed by atoms with Crippen LogP contribution in [0.5, 0.6) is 0 Å². The Labute approximate surface area is 171 Å². The molecule has 1 fully saturated rings. The van der Waals surface area contributed by atoms with Crippen molar-refractivity contribution in [1.82, 2.24) is 5.32 Å². The second-order valence-electron chi connectivity index (χ2n) is 6.30. The van der Waals surface area contributed by atoms with E-state index in [9.17, 15) is 18.0 Å². The summed E-state index contributed by atoms with van der Waals surface area (Å²) in [6.45, 7) is 1.92. The van der Waals surface area contributed by atoms with E-state index in [0.29, 0.717) is 11.3 Å². The minimum absolute atomic E-state index is 0.0175. The second-order valence-corrected chi connectivity index (χ2v) is 8.80. The van der Waals surface area contributed by atoms with Gasteiger partial charge >= 0.3 is 5.97 Å². The van der Waals surface area contributed by atoms with E-state index >= 15 is 0 Å². The minimum atomic E-state index is -3.89. The molecule has 0 atom stereocenters. The number of nitrogens with one attached hydrogen (secondary N) is 2. The number of hydrogen-bond acceptors (Lipinski definition) is 5. The van der Waals surface area contributed by atoms with Gasteiger partial charge < -0.3 is 10.1 Å². The van der Waals surface area contributed by atoms with Crippen LogP contribution in [0.4, 0.5) is 5.69 Å². The number of halogens is 1. The van der Waals surface area contributed by atoms with Crippen LogP contribution in [0, 0.1) is 0 Å². The third kappa shape index (κ3) is 4.90. The van der Waals surface area contributed by atoms with E-state index in [4.69, 9.17) is 4.74 Å². The van der Waals surface area contributed by atoms with Crippen LogP contribution in [0.25, 0.3) is 0 Å². The number of carbonyl (C=O) groups excluding carboxylic acids is 2. The Kier molecular flexibility index (Phi) is 6.04. The van der Waals surface area contributed by atoms with Crippen molar-refractivity contribution in [1.29, 1.82) is 0 Å². The molecule has 1 aliphatic rings. The highest BCUT2D eigenvalue weighted by Gasteiger charge is 2.24. The van der Waals surface area contributed by atoms with E-state index in [1.165, 1.54) is 30.3 Å². The molecule has 0 unspecified atom stereocenters. The number of rotatable bonds is 7. The van der Waals surface area contributed by atoms with Gasteiger partial charge in [0.25, 0.3) is 15.9 Å². The maximum absolute atomic E-state index is 12.7. The Morgan fingerprint density at radius 1 is 1.11 bits per heavy atom. The molecular formula is C19H19BrN2O5S. The monoisotopic (exact) mass is 466 g/mol. The molecule has 0 heterocycles. The third-order valence-corrected chi connectivity index (χ3v) is 6.40. The van der Waals surface area contributed by atoms with Crippen molar-refractivity contribution < 1.29 is 22.7 Å². The van der Waals surface area contributed by atoms with Crippen LogP contribution in [-0.4, -0.2) is 32.9 Å². The van der Waals surface area contributed by atoms with E-state index in [1.54, 1.807) is 19.1 Å². The lowest BCUT2D eigenvalue weighted by Gasteiger charge is -2.11. The van der Waals surface area contributed by atoms with E-state index in [-0.39, 0.29) is 33.5 Å². The summed E-state index contributed by atoms with van der Waals surface area (Å²) >= 11 is 3.20. The summed E-state index contributed by atoms with van der Waals surface area (Å²) < 4.78 is 32.9. The summed E-state index contributed by atoms with van der Waals surface area (Å²) in [6, 6.07) is 10.6. The molecule has 0 spiro atoms. The van der Waals surface area contributed by atoms with Gasteiger partial charge in [0, 0.05) is 21.8 Å². The molecule has 148 valence electrons. The van der Waals surface area contributed by atoms with Gasteiger partial charge in [-0.15, -0.1) is 0 Å². The molecule has 0 aromatic heterocycles. The highest BCUT2D eigenvalue weighted by Crippen LogP contribution is 2.26. The Balaban J connectivity index is 1.74. The quantitative estimate of drug-likeness (QED) is 0.609. The average molecular weight is 467 g/mol. The molecule has 0 saturated heterocycles. The van der Waals surface area contributed by atoms with Gasteiger partial charge in [-0.3, -0.25) is 9.52 Å². The first kappa shape index (κ1) is 20.3. The molecule has 0 aliphatic heterocycles. The van der Waals surface area contributed by atoms with Crippen LogP contribution < -0.4 is 10.0 Å². The second kappa shape index (κ2) is 8.32. The van der Waals surface area contributed by atoms with E-state index in [2.05, 4.69) is 26.0 Å². The van der Waals surface area contributed by atoms with Crippen LogP contribution in [0.2, 0.25) is 0 Å². The van der Waals surface area contributed by atoms with Gasteiger partial charge in [-0.1, -0.05) is 0 Å². The van der Waals surface area contributed by atoms with Crippen molar-refractivity contribution in [3.8, 4) is 0 Å². The first-order valence-corrected chi connectivity index (χ1v) is 11.0. The van der Waals surface area contributed by atoms with E-state index < -0.39 is 16.0 Å². The van der Waals surface area contributed by atoms with E-state index in [0.717, 1.165) is 12.8 Å². The molecule has 0 radical (unpaired) electrons. The predicted molar refractivity (Wildman–Crippen MR) is 108 cm³/mol. The number of anilines is 1. The van der Waals surface area contributed by atoms with Crippen molar-refractivity contribution in [2.24, 2.45) is 0 Å². The summed E-state index contributed by atoms with van der Waals surface area (Å²) in [5.41, 5.74) is 1.04. The normalized spacial score (nSPS) is 13.6. The Morgan fingerprint density at radius 3 is 2.32 bits per heavy atom. The van der Waals surface area contributed by atoms with Crippen LogP contribution in [-0.2, 0) is 14.8 Å². The maximum atomic E-state index is 12.7. The first-order chi connectivity index (χ1) is 13.3. The molecular weight excluding hydrogens is 448 g/mol. The molecule has 3 rings (SSSR count). The first-order valence-electron chi connectivity index (χ1n) is 8.70. The summed E-state index contributed by atoms with van der Waals surface area (Å²) in [6.07, 6.45) is 1.99. The minimum Gasteiger partial charge on any atom is -0.462 e. The Morgan fingerprint density at radius 2 is 1.75 bits per heavy atom. The summed E-state index contributed by atoms with van der Waals surface area (Å²) in [7, 11) is -3.89. The topological polar surface area (TPSA) is 102 Å². The Bertz CT molecular complexity index is 1000. The smallest absolute Gasteiger partial charge is 0.338 e. The maximum Gasteiger partial charge on any atom is 0.338 e. The molecule has 9 heteroatoms. The largest absolute Gasteiger partial charge is 0.462 e. The zero-order chi connectivity index (χ0) is 20.3. The fraction of sp³-hybridized carbons (Fsp3) is 0.263. The van der Waals surface area contributed by atoms with Crippen molar-refractivity contribution in [3.05, 3.63) is 58.1 Å². The van der Waals surface area contributed by atoms with Gasteiger partial charge in [0.15, 0.2) is 0 Å². The Hall–Kier alpha value is -2.39. The van der Waals surface area contributed by atoms with Crippen molar-refractivity contribution in [2.75, 3.05) is 11.3 Å². The fourth-order valence-corrected chi connectivity index (χ4v) is 4.59. The number of amides is 1. The molecule has 2 N–H and O–H groups in total. The lowest BCUT2D eigenvalue weighted by molar-refractivity contribution is 0.0526. The van der Waals surface area contributed by atoms with Crippen molar-refractivity contribution >= 4 is 43.5 Å². The standard InChI is InChI=1S/C19H19BrN2O5S/c1-2-27-19(24)13-5-10-17(16(20)11-13)28(25,26)22-15-6-3-12(4-7-15)18(23)21-14-8-9-14/h3-7,10-11,14,22H,2,8-9H2,1H3,(H,21,23). The predicted octanol–water partition coefficient (Wildman–Crippen LogP) is 3.32. The number of benzene rings is 2. The molecule has 1 amide bonds. The van der Waals surface area contributed by atoms with Gasteiger partial charge in [-0.05, 0) is 78.2 Å². The average Bonchev–Trinajstić information content (AvgIpc) is 3.45. The summed E-state index contributed by atoms with van der Waals surface area (Å²) in [5.74, 6) is -0.700. The molecule has 28 heavy (non-hydrogen) atoms. The molecule has 2 aromatic carbocycles. The number of hydrogen-bond donors (Lipinski definition) is 2. The van der Waals surface area contributed by atoms with Gasteiger partial charge in [0.05, 0.1) is 12.2 Å². The van der Waals surface area contributed by atoms with Crippen LogP contribution in [0.1, 0.15) is 40.5 Å². The van der Waals surface area contributed by atoms with Crippen LogP contribution in [0.15, 0.2) is 51.8 Å². The van der Waals surface area contributed by atoms with Crippen LogP contribution >= 0.6 is 15.9 Å². The number of sulfonamides is 1. The van der Waals surface area contributed by atoms with Crippen LogP contribution in [0.3, 0.4) is 0 Å². The van der Waals surface area contributed by atoms with Gasteiger partial charge in [-0.25, -0.2) is 13.2 Å². The zero-order valence-electron chi connectivity index (χ0n) is 15.1. The third-order valence-electron chi connectivity index (χ3n) is 4.04. The zero-order valence-corrected chi connectivity index (χ0v) is 17.5. The molecule has 0 bridgehead atoms. The van der Waals surface area contributed by atoms with E-state index in [1.807, 2.05) is 0 Å². The number of esters is 1. The van der Waals surface area contributed by atoms with Gasteiger partial charge in [0.1, 0.15) is 4.90 Å². The van der Waals surface area contributed by atoms with Crippen molar-refractivity contribution in [2.45, 2.75) is 30.7 Å². The highest BCUT2D eigenvalue weighted by molar-refractivity contribution is 9.10. The molecule has 7 nitrogen and oxygen atoms in total. The lowest BCUT2D eigenvalue weighted by Crippen LogP contribution is -2.25. The SMILES string of the molecule is CCOC(=O)c1ccc(S(=O)(=O)Nc2ccc(C(=O)NC3CC3)cc2)c(Br)c1. The summed E-state index contributed by atoms with van der Waals surface area (Å²) in [5, 5.41) is 2.87. The fourth-order valence-electron chi connectivity index (χ4n) is 2.46. The van der Waals surface area contributed by atoms with Gasteiger partial charge in [-0.2, -0.15) is 0 Å². The van der Waals surface area contributed by atoms with Gasteiger partial charge in [0.2, 0.25) is 0 Å². The lowest BCUT2D eigenvalue weighted by atomic mass is 10.2. The molecule has 1 aliphatic carbocycles. The highest BCUT2D eigenvalue weighted by atomic mass is 79.9. The number of ether oxygens (including phenoxy) is 1. The number of carbonyl (C=O) groups is 2. The molecule has 1 saturated carbocycles. The summed E-state index contributed by atoms with van der Waals surface area (Å²) in [4.78, 5) is 23.7.